The molecule has 0 bridgehead atoms. The van der Waals surface area contributed by atoms with Crippen molar-refractivity contribution in [3.05, 3.63) is 250 Å². The monoisotopic (exact) mass is 1240 g/mol. The SMILES string of the molecule is C[Si](C)(C)[C-]=C(C(=[C-][Si](C)(C)C)c1ccccc1)c1ccccc1.C[Si](C)(C)[C-]=C(C(=[C-][Si](C)(C)C)c1ccccc1)c1ccccc1.C[Si](C)(C)[C-]=C(C(=[C-][Si](C)(C)C)c1ccccc1)c1ccccc1.[Zn+2].[Zn+2].[Zn+2]. The van der Waals surface area contributed by atoms with Crippen molar-refractivity contribution < 1.29 is 58.4 Å². The minimum absolute atomic E-state index is 0. The second kappa shape index (κ2) is 31.5. The summed E-state index contributed by atoms with van der Waals surface area (Å²) in [5.74, 6) is 0. The molecule has 378 valence electrons. The zero-order valence-corrected chi connectivity index (χ0v) is 64.3. The van der Waals surface area contributed by atoms with Crippen LogP contribution in [0.25, 0.3) is 33.4 Å². The fraction of sp³-hybridized carbons (Fsp3) is 0.273. The second-order valence-corrected chi connectivity index (χ2v) is 53.2. The topological polar surface area (TPSA) is 0 Å². The average Bonchev–Trinajstić information content (AvgIpc) is 3.30. The zero-order valence-electron chi connectivity index (χ0n) is 49.4. The molecule has 0 spiro atoms. The molecule has 0 aliphatic carbocycles. The summed E-state index contributed by atoms with van der Waals surface area (Å²) in [5.41, 5.74) is 38.0. The third-order valence-corrected chi connectivity index (χ3v) is 16.1. The summed E-state index contributed by atoms with van der Waals surface area (Å²) in [6, 6.07) is 64.1. The maximum absolute atomic E-state index is 3.87. The molecule has 0 amide bonds. The molecule has 0 unspecified atom stereocenters. The van der Waals surface area contributed by atoms with Gasteiger partial charge in [0.15, 0.2) is 0 Å². The molecular weight excluding hydrogens is 1160 g/mol. The Balaban J connectivity index is 0.000000551. The first kappa shape index (κ1) is 69.9. The van der Waals surface area contributed by atoms with E-state index in [-0.39, 0.29) is 58.4 Å². The van der Waals surface area contributed by atoms with Gasteiger partial charge in [0.1, 0.15) is 0 Å². The minimum atomic E-state index is -1.51. The Hall–Kier alpha value is -3.07. The molecule has 9 heteroatoms. The summed E-state index contributed by atoms with van der Waals surface area (Å²) in [6.45, 7) is 42.1. The van der Waals surface area contributed by atoms with Crippen LogP contribution in [0.3, 0.4) is 0 Å². The van der Waals surface area contributed by atoms with Crippen LogP contribution >= 0.6 is 0 Å². The van der Waals surface area contributed by atoms with Crippen molar-refractivity contribution in [2.75, 3.05) is 0 Å². The minimum Gasteiger partial charge on any atom is -0.297 e. The first-order valence-electron chi connectivity index (χ1n) is 25.7. The summed E-state index contributed by atoms with van der Waals surface area (Å²) in [4.78, 5) is 0. The summed E-state index contributed by atoms with van der Waals surface area (Å²) in [5, 5.41) is 0. The second-order valence-electron chi connectivity index (χ2n) is 24.7. The van der Waals surface area contributed by atoms with E-state index < -0.39 is 48.4 Å². The number of hydrogen-bond donors (Lipinski definition) is 0. The van der Waals surface area contributed by atoms with Crippen LogP contribution in [0.4, 0.5) is 0 Å². The molecule has 0 fully saturated rings. The summed E-state index contributed by atoms with van der Waals surface area (Å²) in [6.07, 6.45) is 0. The first-order valence-corrected chi connectivity index (χ1v) is 46.7. The Kier molecular flexibility index (Phi) is 29.4. The number of benzene rings is 6. The van der Waals surface area contributed by atoms with E-state index in [0.717, 1.165) is 0 Å². The van der Waals surface area contributed by atoms with E-state index in [1.807, 2.05) is 0 Å². The van der Waals surface area contributed by atoms with E-state index in [9.17, 15) is 0 Å². The van der Waals surface area contributed by atoms with E-state index in [1.54, 1.807) is 0 Å². The molecule has 0 atom stereocenters. The van der Waals surface area contributed by atoms with Crippen LogP contribution in [0, 0.1) is 34.2 Å². The molecule has 0 heterocycles. The molecule has 0 aromatic heterocycles. The van der Waals surface area contributed by atoms with Crippen LogP contribution in [0.15, 0.2) is 182 Å². The summed E-state index contributed by atoms with van der Waals surface area (Å²) < 4.78 is 0. The van der Waals surface area contributed by atoms with Gasteiger partial charge in [-0.3, -0.25) is 67.6 Å². The molecule has 6 aromatic carbocycles. The van der Waals surface area contributed by atoms with Gasteiger partial charge in [0, 0.05) is 0 Å². The van der Waals surface area contributed by atoms with Crippen LogP contribution in [0.1, 0.15) is 33.4 Å². The molecular formula is C66H84Si6Zn3. The van der Waals surface area contributed by atoms with Crippen LogP contribution in [-0.4, -0.2) is 48.4 Å². The van der Waals surface area contributed by atoms with Gasteiger partial charge in [0.05, 0.1) is 0 Å². The standard InChI is InChI=1S/3C22H28Si2.3Zn/c3*1-23(2,3)17-21(19-13-9-7-10-14-19)22(18-24(4,5)6)20-15-11-8-12-16-20;;;/h3*7-16H,1-6H3;;;/q3*-2;3*+2. The average molecular weight is 1240 g/mol. The zero-order chi connectivity index (χ0) is 53.4. The van der Waals surface area contributed by atoms with Crippen molar-refractivity contribution in [3.63, 3.8) is 0 Å². The fourth-order valence-electron chi connectivity index (χ4n) is 7.55. The first-order chi connectivity index (χ1) is 33.5. The normalized spacial score (nSPS) is 13.4. The van der Waals surface area contributed by atoms with E-state index in [0.29, 0.717) is 0 Å². The van der Waals surface area contributed by atoms with Gasteiger partial charge in [-0.1, -0.05) is 227 Å². The molecule has 0 saturated carbocycles. The van der Waals surface area contributed by atoms with Gasteiger partial charge >= 0.3 is 58.4 Å². The number of rotatable bonds is 15. The third kappa shape index (κ3) is 27.4. The van der Waals surface area contributed by atoms with Gasteiger partial charge < -0.3 is 0 Å². The van der Waals surface area contributed by atoms with Gasteiger partial charge in [-0.15, -0.1) is 72.8 Å². The molecule has 0 saturated heterocycles. The van der Waals surface area contributed by atoms with Crippen molar-refractivity contribution in [2.45, 2.75) is 118 Å². The predicted octanol–water partition coefficient (Wildman–Crippen LogP) is 19.5. The molecule has 0 aliphatic heterocycles. The summed E-state index contributed by atoms with van der Waals surface area (Å²) in [7, 11) is -9.04. The predicted molar refractivity (Wildman–Crippen MR) is 339 cm³/mol. The Morgan fingerprint density at radius 2 is 0.280 bits per heavy atom. The van der Waals surface area contributed by atoms with Crippen LogP contribution < -0.4 is 0 Å². The molecule has 0 nitrogen and oxygen atoms in total. The Bertz CT molecular complexity index is 2270. The summed E-state index contributed by atoms with van der Waals surface area (Å²) >= 11 is 0. The maximum atomic E-state index is 3.87. The molecule has 75 heavy (non-hydrogen) atoms. The third-order valence-electron chi connectivity index (χ3n) is 10.1. The van der Waals surface area contributed by atoms with Gasteiger partial charge in [0.2, 0.25) is 0 Å². The smallest absolute Gasteiger partial charge is 0.297 e. The molecule has 0 N–H and O–H groups in total. The molecule has 6 rings (SSSR count). The number of allylic oxidation sites excluding steroid dienone is 6. The molecule has 0 aliphatic rings. The van der Waals surface area contributed by atoms with E-state index in [1.165, 1.54) is 66.8 Å². The van der Waals surface area contributed by atoms with Crippen molar-refractivity contribution in [1.82, 2.24) is 0 Å². The van der Waals surface area contributed by atoms with E-state index in [4.69, 9.17) is 0 Å². The van der Waals surface area contributed by atoms with Crippen molar-refractivity contribution >= 4 is 81.9 Å². The van der Waals surface area contributed by atoms with Crippen molar-refractivity contribution in [3.8, 4) is 0 Å². The maximum Gasteiger partial charge on any atom is 2.00 e. The van der Waals surface area contributed by atoms with Gasteiger partial charge in [-0.25, -0.2) is 0 Å². The van der Waals surface area contributed by atoms with Crippen LogP contribution in [0.2, 0.25) is 118 Å². The van der Waals surface area contributed by atoms with Crippen LogP contribution in [-0.2, 0) is 58.4 Å². The van der Waals surface area contributed by atoms with Gasteiger partial charge in [-0.05, 0) is 48.4 Å². The van der Waals surface area contributed by atoms with Gasteiger partial charge in [0.25, 0.3) is 0 Å². The van der Waals surface area contributed by atoms with Crippen molar-refractivity contribution in [2.24, 2.45) is 0 Å². The van der Waals surface area contributed by atoms with Gasteiger partial charge in [-0.2, -0.15) is 33.4 Å². The Morgan fingerprint density at radius 1 is 0.187 bits per heavy atom. The molecule has 6 aromatic rings. The largest absolute Gasteiger partial charge is 2.00 e. The molecule has 0 radical (unpaired) electrons. The Labute approximate surface area is 502 Å². The van der Waals surface area contributed by atoms with E-state index in [2.05, 4.69) is 334 Å². The van der Waals surface area contributed by atoms with E-state index >= 15 is 0 Å². The quantitative estimate of drug-likeness (QED) is 0.0546. The van der Waals surface area contributed by atoms with Crippen molar-refractivity contribution in [1.29, 1.82) is 0 Å². The van der Waals surface area contributed by atoms with Crippen LogP contribution in [0.5, 0.6) is 0 Å². The fourth-order valence-corrected chi connectivity index (χ4v) is 13.7. The Morgan fingerprint density at radius 3 is 0.360 bits per heavy atom. The number of hydrogen-bond acceptors (Lipinski definition) is 0.